The van der Waals surface area contributed by atoms with Gasteiger partial charge in [-0.2, -0.15) is 0 Å². The van der Waals surface area contributed by atoms with Gasteiger partial charge < -0.3 is 9.80 Å². The molecule has 1 fully saturated rings. The van der Waals surface area contributed by atoms with Crippen molar-refractivity contribution in [1.82, 2.24) is 9.80 Å². The van der Waals surface area contributed by atoms with Crippen molar-refractivity contribution in [2.45, 2.75) is 6.42 Å². The van der Waals surface area contributed by atoms with E-state index in [0.717, 1.165) is 0 Å². The Hall–Kier alpha value is -2.05. The lowest BCUT2D eigenvalue weighted by atomic mass is 10.1. The summed E-state index contributed by atoms with van der Waals surface area (Å²) in [5, 5.41) is 0. The summed E-state index contributed by atoms with van der Waals surface area (Å²) in [5.41, 5.74) is -0.307. The van der Waals surface area contributed by atoms with Crippen molar-refractivity contribution in [1.29, 1.82) is 0 Å². The van der Waals surface area contributed by atoms with Crippen molar-refractivity contribution >= 4 is 11.8 Å². The van der Waals surface area contributed by atoms with Crippen molar-refractivity contribution in [3.05, 3.63) is 35.1 Å². The highest BCUT2D eigenvalue weighted by molar-refractivity contribution is 5.96. The van der Waals surface area contributed by atoms with Crippen LogP contribution in [0.3, 0.4) is 0 Å². The van der Waals surface area contributed by atoms with Crippen molar-refractivity contribution in [2.24, 2.45) is 0 Å². The molecule has 0 bridgehead atoms. The number of hydrogen-bond donors (Lipinski definition) is 0. The van der Waals surface area contributed by atoms with E-state index in [0.29, 0.717) is 31.6 Å². The van der Waals surface area contributed by atoms with E-state index in [1.165, 1.54) is 9.80 Å². The fourth-order valence-electron chi connectivity index (χ4n) is 2.02. The molecule has 4 nitrogen and oxygen atoms in total. The third-order valence-electron chi connectivity index (χ3n) is 3.19. The van der Waals surface area contributed by atoms with Gasteiger partial charge in [-0.05, 0) is 18.6 Å². The molecule has 0 aliphatic carbocycles. The maximum Gasteiger partial charge on any atom is 0.254 e. The number of amides is 2. The first-order valence-corrected chi connectivity index (χ1v) is 6.08. The number of likely N-dealkylation sites (N-methyl/N-ethyl adjacent to an activating group) is 1. The minimum atomic E-state index is -1.62. The number of rotatable bonds is 1. The van der Waals surface area contributed by atoms with Gasteiger partial charge in [-0.25, -0.2) is 13.2 Å². The van der Waals surface area contributed by atoms with E-state index < -0.39 is 23.4 Å². The quantitative estimate of drug-likeness (QED) is 0.732. The Morgan fingerprint density at radius 1 is 1.15 bits per heavy atom. The Balaban J connectivity index is 2.25. The van der Waals surface area contributed by atoms with Gasteiger partial charge in [0.25, 0.3) is 5.91 Å². The van der Waals surface area contributed by atoms with E-state index in [9.17, 15) is 22.8 Å². The molecule has 1 aromatic rings. The third-order valence-corrected chi connectivity index (χ3v) is 3.19. The summed E-state index contributed by atoms with van der Waals surface area (Å²) in [6, 6.07) is 1.28. The van der Waals surface area contributed by atoms with Crippen molar-refractivity contribution in [3.63, 3.8) is 0 Å². The number of hydrogen-bond acceptors (Lipinski definition) is 2. The summed E-state index contributed by atoms with van der Waals surface area (Å²) in [7, 11) is 1.62. The van der Waals surface area contributed by atoms with Crippen LogP contribution in [-0.4, -0.2) is 48.3 Å². The van der Waals surface area contributed by atoms with Gasteiger partial charge in [-0.3, -0.25) is 9.59 Å². The lowest BCUT2D eigenvalue weighted by Crippen LogP contribution is -2.38. The molecule has 1 aliphatic heterocycles. The van der Waals surface area contributed by atoms with Crippen LogP contribution in [0.4, 0.5) is 13.2 Å². The summed E-state index contributed by atoms with van der Waals surface area (Å²) >= 11 is 0. The normalized spacial score (nSPS) is 16.3. The Kier molecular flexibility index (Phi) is 3.96. The third kappa shape index (κ3) is 2.76. The molecule has 0 N–H and O–H groups in total. The fraction of sp³-hybridized carbons (Fsp3) is 0.385. The minimum absolute atomic E-state index is 0.157. The first-order valence-electron chi connectivity index (χ1n) is 6.08. The largest absolute Gasteiger partial charge is 0.344 e. The van der Waals surface area contributed by atoms with Crippen LogP contribution in [0, 0.1) is 17.5 Å². The second-order valence-corrected chi connectivity index (χ2v) is 4.65. The van der Waals surface area contributed by atoms with Gasteiger partial charge in [0, 0.05) is 25.7 Å². The second kappa shape index (κ2) is 5.52. The Labute approximate surface area is 113 Å². The van der Waals surface area contributed by atoms with Gasteiger partial charge in [0.1, 0.15) is 6.54 Å². The molecule has 108 valence electrons. The predicted molar refractivity (Wildman–Crippen MR) is 64.5 cm³/mol. The molecule has 0 aromatic heterocycles. The van der Waals surface area contributed by atoms with Gasteiger partial charge in [-0.15, -0.1) is 0 Å². The smallest absolute Gasteiger partial charge is 0.254 e. The Morgan fingerprint density at radius 2 is 1.75 bits per heavy atom. The molecule has 20 heavy (non-hydrogen) atoms. The van der Waals surface area contributed by atoms with E-state index in [-0.39, 0.29) is 18.0 Å². The van der Waals surface area contributed by atoms with Gasteiger partial charge in [-0.1, -0.05) is 0 Å². The summed E-state index contributed by atoms with van der Waals surface area (Å²) in [5.74, 6) is -5.41. The van der Waals surface area contributed by atoms with Gasteiger partial charge >= 0.3 is 0 Å². The highest BCUT2D eigenvalue weighted by atomic mass is 19.2. The van der Waals surface area contributed by atoms with Gasteiger partial charge in [0.2, 0.25) is 5.91 Å². The van der Waals surface area contributed by atoms with Crippen LogP contribution in [0.25, 0.3) is 0 Å². The van der Waals surface area contributed by atoms with Gasteiger partial charge in [0.05, 0.1) is 0 Å². The molecule has 1 aliphatic rings. The molecule has 0 radical (unpaired) electrons. The van der Waals surface area contributed by atoms with E-state index >= 15 is 0 Å². The average Bonchev–Trinajstić information content (AvgIpc) is 2.57. The number of carbonyl (C=O) groups is 2. The molecule has 0 saturated carbocycles. The van der Waals surface area contributed by atoms with Crippen molar-refractivity contribution in [2.75, 3.05) is 26.7 Å². The van der Waals surface area contributed by atoms with E-state index in [2.05, 4.69) is 0 Å². The van der Waals surface area contributed by atoms with Crippen molar-refractivity contribution in [3.8, 4) is 0 Å². The molecule has 2 amide bonds. The Bertz CT molecular complexity index is 540. The monoisotopic (exact) mass is 286 g/mol. The lowest BCUT2D eigenvalue weighted by molar-refractivity contribution is -0.129. The van der Waals surface area contributed by atoms with Crippen LogP contribution < -0.4 is 0 Å². The van der Waals surface area contributed by atoms with Crippen molar-refractivity contribution < 1.29 is 22.8 Å². The molecule has 1 heterocycles. The number of halogens is 3. The zero-order valence-corrected chi connectivity index (χ0v) is 10.8. The van der Waals surface area contributed by atoms with Crippen LogP contribution in [-0.2, 0) is 4.79 Å². The second-order valence-electron chi connectivity index (χ2n) is 4.65. The highest BCUT2D eigenvalue weighted by Gasteiger charge is 2.25. The molecule has 0 atom stereocenters. The fourth-order valence-corrected chi connectivity index (χ4v) is 2.02. The number of benzene rings is 1. The van der Waals surface area contributed by atoms with Crippen LogP contribution in [0.15, 0.2) is 12.1 Å². The van der Waals surface area contributed by atoms with Gasteiger partial charge in [0.15, 0.2) is 17.5 Å². The average molecular weight is 286 g/mol. The SMILES string of the molecule is CN1CCCN(C(=O)c2cc(F)c(F)c(F)c2)CC1=O. The molecular weight excluding hydrogens is 273 g/mol. The Morgan fingerprint density at radius 3 is 2.35 bits per heavy atom. The number of carbonyl (C=O) groups excluding carboxylic acids is 2. The van der Waals surface area contributed by atoms with Crippen LogP contribution in [0.5, 0.6) is 0 Å². The molecule has 7 heteroatoms. The summed E-state index contributed by atoms with van der Waals surface area (Å²) in [4.78, 5) is 26.5. The first kappa shape index (κ1) is 14.4. The summed E-state index contributed by atoms with van der Waals surface area (Å²) in [6.07, 6.45) is 0.570. The van der Waals surface area contributed by atoms with Crippen LogP contribution in [0.1, 0.15) is 16.8 Å². The highest BCUT2D eigenvalue weighted by Crippen LogP contribution is 2.16. The zero-order valence-electron chi connectivity index (χ0n) is 10.8. The molecule has 0 unspecified atom stereocenters. The first-order chi connectivity index (χ1) is 9.40. The van der Waals surface area contributed by atoms with E-state index in [1.54, 1.807) is 7.05 Å². The van der Waals surface area contributed by atoms with E-state index in [4.69, 9.17) is 0 Å². The molecular formula is C13H13F3N2O2. The predicted octanol–water partition coefficient (Wildman–Crippen LogP) is 1.41. The maximum absolute atomic E-state index is 13.1. The molecule has 1 aromatic carbocycles. The molecule has 2 rings (SSSR count). The van der Waals surface area contributed by atoms with E-state index in [1.807, 2.05) is 0 Å². The molecule has 0 spiro atoms. The maximum atomic E-state index is 13.1. The molecule has 1 saturated heterocycles. The van der Waals surface area contributed by atoms with Crippen LogP contribution in [0.2, 0.25) is 0 Å². The lowest BCUT2D eigenvalue weighted by Gasteiger charge is -2.19. The summed E-state index contributed by atoms with van der Waals surface area (Å²) in [6.45, 7) is 0.653. The number of nitrogens with zero attached hydrogens (tertiary/aromatic N) is 2. The topological polar surface area (TPSA) is 40.6 Å². The minimum Gasteiger partial charge on any atom is -0.344 e. The van der Waals surface area contributed by atoms with Crippen LogP contribution >= 0.6 is 0 Å². The summed E-state index contributed by atoms with van der Waals surface area (Å²) < 4.78 is 39.1. The zero-order chi connectivity index (χ0) is 14.9. The standard InChI is InChI=1S/C13H13F3N2O2/c1-17-3-2-4-18(7-11(17)19)13(20)8-5-9(14)12(16)10(15)6-8/h5-6H,2-4,7H2,1H3.